The minimum absolute atomic E-state index is 0.713. The van der Waals surface area contributed by atoms with Gasteiger partial charge in [-0.05, 0) is 19.9 Å². The maximum absolute atomic E-state index is 4.68. The van der Waals surface area contributed by atoms with Crippen molar-refractivity contribution in [3.8, 4) is 0 Å². The van der Waals surface area contributed by atoms with Gasteiger partial charge in [0.25, 0.3) is 0 Å². The Hall–Kier alpha value is -0.460. The summed E-state index contributed by atoms with van der Waals surface area (Å²) in [5.41, 5.74) is 0. The van der Waals surface area contributed by atoms with E-state index in [0.717, 1.165) is 0 Å². The molecule has 1 nitrogen and oxygen atoms in total. The lowest BCUT2D eigenvalue weighted by Gasteiger charge is -1.84. The van der Waals surface area contributed by atoms with Crippen LogP contribution >= 0.6 is 0 Å². The largest absolute Gasteiger partial charge is 0.490 e. The Balaban J connectivity index is 2.66. The molecule has 0 unspecified atom stereocenters. The van der Waals surface area contributed by atoms with E-state index in [-0.39, 0.29) is 0 Å². The van der Waals surface area contributed by atoms with E-state index in [0.29, 0.717) is 6.61 Å². The normalized spacial score (nSPS) is 9.67. The first-order valence-corrected chi connectivity index (χ1v) is 2.07. The van der Waals surface area contributed by atoms with E-state index in [4.69, 9.17) is 0 Å². The van der Waals surface area contributed by atoms with Gasteiger partial charge in [0.15, 0.2) is 6.26 Å². The van der Waals surface area contributed by atoms with Crippen molar-refractivity contribution in [3.63, 3.8) is 0 Å². The second-order valence-corrected chi connectivity index (χ2v) is 0.840. The first-order valence-electron chi connectivity index (χ1n) is 2.07. The molecule has 1 radical (unpaired) electrons. The molecular weight excluding hydrogens is 76.1 g/mol. The van der Waals surface area contributed by atoms with Crippen LogP contribution in [-0.2, 0) is 4.74 Å². The summed E-state index contributed by atoms with van der Waals surface area (Å²) >= 11 is 0. The Labute approximate surface area is 38.6 Å². The third-order valence-corrected chi connectivity index (χ3v) is 0.346. The summed E-state index contributed by atoms with van der Waals surface area (Å²) in [6.45, 7) is 4.51. The van der Waals surface area contributed by atoms with Crippen LogP contribution in [-0.4, -0.2) is 6.61 Å². The van der Waals surface area contributed by atoms with Gasteiger partial charge in [0.1, 0.15) is 0 Å². The predicted molar refractivity (Wildman–Crippen MR) is 25.1 cm³/mol. The molecule has 0 heterocycles. The minimum atomic E-state index is 0.713. The number of hydrogen-bond donors (Lipinski definition) is 0. The van der Waals surface area contributed by atoms with Crippen molar-refractivity contribution in [2.75, 3.05) is 6.61 Å². The molecule has 0 rings (SSSR count). The summed E-state index contributed by atoms with van der Waals surface area (Å²) in [5.74, 6) is 0. The molecule has 0 aliphatic rings. The monoisotopic (exact) mass is 85.1 g/mol. The van der Waals surface area contributed by atoms with Crippen LogP contribution in [0.15, 0.2) is 6.08 Å². The highest BCUT2D eigenvalue weighted by atomic mass is 16.5. The van der Waals surface area contributed by atoms with E-state index in [1.54, 1.807) is 6.08 Å². The van der Waals surface area contributed by atoms with Crippen molar-refractivity contribution < 1.29 is 4.74 Å². The SMILES string of the molecule is C/C=[C]/OCC. The summed E-state index contributed by atoms with van der Waals surface area (Å²) in [7, 11) is 0. The molecule has 0 aromatic heterocycles. The Morgan fingerprint density at radius 1 is 1.83 bits per heavy atom. The zero-order valence-electron chi connectivity index (χ0n) is 4.19. The van der Waals surface area contributed by atoms with E-state index < -0.39 is 0 Å². The molecule has 0 amide bonds. The van der Waals surface area contributed by atoms with E-state index in [9.17, 15) is 0 Å². The highest BCUT2D eigenvalue weighted by Crippen LogP contribution is 1.69. The van der Waals surface area contributed by atoms with Gasteiger partial charge < -0.3 is 4.74 Å². The average molecular weight is 85.1 g/mol. The molecule has 6 heavy (non-hydrogen) atoms. The topological polar surface area (TPSA) is 9.23 Å². The number of hydrogen-bond acceptors (Lipinski definition) is 1. The Kier molecular flexibility index (Phi) is 4.19. The van der Waals surface area contributed by atoms with E-state index in [2.05, 4.69) is 11.0 Å². The van der Waals surface area contributed by atoms with Crippen LogP contribution in [0.1, 0.15) is 13.8 Å². The first-order chi connectivity index (χ1) is 2.91. The lowest BCUT2D eigenvalue weighted by Crippen LogP contribution is -1.74. The van der Waals surface area contributed by atoms with Gasteiger partial charge in [0.05, 0.1) is 6.61 Å². The number of ether oxygens (including phenoxy) is 1. The molecule has 0 aromatic carbocycles. The highest BCUT2D eigenvalue weighted by Gasteiger charge is 1.62. The molecule has 0 atom stereocenters. The molecule has 0 N–H and O–H groups in total. The van der Waals surface area contributed by atoms with Gasteiger partial charge in [0, 0.05) is 0 Å². The second kappa shape index (κ2) is 4.54. The van der Waals surface area contributed by atoms with Crippen molar-refractivity contribution in [1.82, 2.24) is 0 Å². The molecule has 0 saturated heterocycles. The van der Waals surface area contributed by atoms with Gasteiger partial charge in [0.2, 0.25) is 0 Å². The van der Waals surface area contributed by atoms with E-state index in [1.807, 2.05) is 13.8 Å². The third kappa shape index (κ3) is 3.54. The fraction of sp³-hybridized carbons (Fsp3) is 0.600. The molecule has 0 spiro atoms. The molecular formula is C5H9O. The van der Waals surface area contributed by atoms with Crippen molar-refractivity contribution in [1.29, 1.82) is 0 Å². The quantitative estimate of drug-likeness (QED) is 0.460. The predicted octanol–water partition coefficient (Wildman–Crippen LogP) is 1.36. The average Bonchev–Trinajstić information content (AvgIpc) is 1.61. The number of allylic oxidation sites excluding steroid dienone is 1. The van der Waals surface area contributed by atoms with Crippen LogP contribution in [0, 0.1) is 6.26 Å². The fourth-order valence-corrected chi connectivity index (χ4v) is 0.167. The molecule has 0 aromatic rings. The zero-order valence-corrected chi connectivity index (χ0v) is 4.19. The summed E-state index contributed by atoms with van der Waals surface area (Å²) < 4.78 is 4.68. The summed E-state index contributed by atoms with van der Waals surface area (Å²) in [6.07, 6.45) is 4.31. The maximum Gasteiger partial charge on any atom is 0.156 e. The molecule has 0 fully saturated rings. The third-order valence-electron chi connectivity index (χ3n) is 0.346. The lowest BCUT2D eigenvalue weighted by molar-refractivity contribution is 0.246. The molecule has 0 bridgehead atoms. The summed E-state index contributed by atoms with van der Waals surface area (Å²) in [4.78, 5) is 0. The summed E-state index contributed by atoms with van der Waals surface area (Å²) in [5, 5.41) is 0. The van der Waals surface area contributed by atoms with Crippen LogP contribution in [0.25, 0.3) is 0 Å². The zero-order chi connectivity index (χ0) is 4.83. The van der Waals surface area contributed by atoms with Gasteiger partial charge in [-0.1, -0.05) is 0 Å². The second-order valence-electron chi connectivity index (χ2n) is 0.840. The van der Waals surface area contributed by atoms with Gasteiger partial charge in [-0.3, -0.25) is 0 Å². The fourth-order valence-electron chi connectivity index (χ4n) is 0.167. The van der Waals surface area contributed by atoms with E-state index in [1.165, 1.54) is 0 Å². The lowest BCUT2D eigenvalue weighted by atomic mass is 10.7. The van der Waals surface area contributed by atoms with Crippen molar-refractivity contribution in [3.05, 3.63) is 12.3 Å². The van der Waals surface area contributed by atoms with E-state index >= 15 is 0 Å². The molecule has 1 heteroatoms. The first kappa shape index (κ1) is 5.54. The van der Waals surface area contributed by atoms with Crippen molar-refractivity contribution >= 4 is 0 Å². The minimum Gasteiger partial charge on any atom is -0.490 e. The van der Waals surface area contributed by atoms with Crippen LogP contribution in [0.2, 0.25) is 0 Å². The number of rotatable bonds is 2. The summed E-state index contributed by atoms with van der Waals surface area (Å²) in [6, 6.07) is 0. The standard InChI is InChI=1S/C5H9O/c1-3-5-6-4-2/h3H,4H2,1-2H3. The molecule has 0 aliphatic heterocycles. The Morgan fingerprint density at radius 2 is 2.50 bits per heavy atom. The van der Waals surface area contributed by atoms with Crippen LogP contribution in [0.5, 0.6) is 0 Å². The van der Waals surface area contributed by atoms with Gasteiger partial charge in [-0.2, -0.15) is 0 Å². The smallest absolute Gasteiger partial charge is 0.156 e. The van der Waals surface area contributed by atoms with Crippen molar-refractivity contribution in [2.24, 2.45) is 0 Å². The van der Waals surface area contributed by atoms with Crippen LogP contribution in [0.4, 0.5) is 0 Å². The molecule has 35 valence electrons. The van der Waals surface area contributed by atoms with Crippen molar-refractivity contribution in [2.45, 2.75) is 13.8 Å². The van der Waals surface area contributed by atoms with Crippen LogP contribution in [0.3, 0.4) is 0 Å². The van der Waals surface area contributed by atoms with Gasteiger partial charge >= 0.3 is 0 Å². The maximum atomic E-state index is 4.68. The van der Waals surface area contributed by atoms with Crippen LogP contribution < -0.4 is 0 Å². The Morgan fingerprint density at radius 3 is 2.67 bits per heavy atom. The highest BCUT2D eigenvalue weighted by molar-refractivity contribution is 4.54. The van der Waals surface area contributed by atoms with Gasteiger partial charge in [-0.15, -0.1) is 0 Å². The Bertz CT molecular complexity index is 39.2. The van der Waals surface area contributed by atoms with Gasteiger partial charge in [-0.25, -0.2) is 0 Å². The molecule has 0 saturated carbocycles. The molecule has 0 aliphatic carbocycles.